The van der Waals surface area contributed by atoms with E-state index in [-0.39, 0.29) is 11.9 Å². The average Bonchev–Trinajstić information content (AvgIpc) is 3.05. The Balaban J connectivity index is 1.65. The third-order valence-corrected chi connectivity index (χ3v) is 3.72. The van der Waals surface area contributed by atoms with Crippen LogP contribution in [0.2, 0.25) is 0 Å². The van der Waals surface area contributed by atoms with Crippen molar-refractivity contribution in [2.45, 2.75) is 44.7 Å². The minimum atomic E-state index is -0.332. The lowest BCUT2D eigenvalue weighted by Gasteiger charge is -2.16. The van der Waals surface area contributed by atoms with Crippen LogP contribution in [0.1, 0.15) is 32.6 Å². The quantitative estimate of drug-likeness (QED) is 0.708. The van der Waals surface area contributed by atoms with Crippen LogP contribution in [0.5, 0.6) is 0 Å². The maximum absolute atomic E-state index is 11.5. The van der Waals surface area contributed by atoms with Crippen molar-refractivity contribution in [1.82, 2.24) is 10.2 Å². The highest BCUT2D eigenvalue weighted by Crippen LogP contribution is 2.31. The molecule has 1 amide bonds. The molecule has 0 aromatic rings. The Morgan fingerprint density at radius 1 is 1.50 bits per heavy atom. The smallest absolute Gasteiger partial charge is 0.236 e. The van der Waals surface area contributed by atoms with E-state index in [2.05, 4.69) is 10.2 Å². The first-order chi connectivity index (χ1) is 7.70. The summed E-state index contributed by atoms with van der Waals surface area (Å²) in [6, 6.07) is 0.527. The van der Waals surface area contributed by atoms with Crippen LogP contribution in [0.15, 0.2) is 0 Å². The molecule has 2 atom stereocenters. The standard InChI is InChI=1S/C12H23N3O/c1-2-11(13)12(16)14-7-9-5-6-15(8-9)10-3-4-10/h9-11H,2-8,13H2,1H3,(H,14,16). The summed E-state index contributed by atoms with van der Waals surface area (Å²) in [5.74, 6) is 0.640. The molecule has 0 spiro atoms. The van der Waals surface area contributed by atoms with Crippen LogP contribution >= 0.6 is 0 Å². The minimum absolute atomic E-state index is 0.00683. The lowest BCUT2D eigenvalue weighted by molar-refractivity contribution is -0.122. The Hall–Kier alpha value is -0.610. The first kappa shape index (κ1) is 11.9. The van der Waals surface area contributed by atoms with Crippen molar-refractivity contribution in [3.8, 4) is 0 Å². The van der Waals surface area contributed by atoms with E-state index in [0.29, 0.717) is 12.3 Å². The van der Waals surface area contributed by atoms with E-state index in [1.165, 1.54) is 25.8 Å². The van der Waals surface area contributed by atoms with Crippen molar-refractivity contribution in [3.05, 3.63) is 0 Å². The van der Waals surface area contributed by atoms with Gasteiger partial charge in [0.2, 0.25) is 5.91 Å². The number of carbonyl (C=O) groups excluding carboxylic acids is 1. The van der Waals surface area contributed by atoms with E-state index in [1.807, 2.05) is 6.92 Å². The number of rotatable bonds is 5. The summed E-state index contributed by atoms with van der Waals surface area (Å²) in [5.41, 5.74) is 5.66. The van der Waals surface area contributed by atoms with Gasteiger partial charge >= 0.3 is 0 Å². The molecule has 2 rings (SSSR count). The number of nitrogens with two attached hydrogens (primary N) is 1. The summed E-state index contributed by atoms with van der Waals surface area (Å²) in [6.07, 6.45) is 4.68. The van der Waals surface area contributed by atoms with E-state index < -0.39 is 0 Å². The van der Waals surface area contributed by atoms with E-state index >= 15 is 0 Å². The summed E-state index contributed by atoms with van der Waals surface area (Å²) in [7, 11) is 0. The third-order valence-electron chi connectivity index (χ3n) is 3.72. The van der Waals surface area contributed by atoms with Gasteiger partial charge < -0.3 is 16.0 Å². The van der Waals surface area contributed by atoms with E-state index in [9.17, 15) is 4.79 Å². The molecule has 2 fully saturated rings. The second-order valence-electron chi connectivity index (χ2n) is 5.14. The van der Waals surface area contributed by atoms with E-state index in [0.717, 1.165) is 19.1 Å². The van der Waals surface area contributed by atoms with Gasteiger partial charge in [0.05, 0.1) is 6.04 Å². The van der Waals surface area contributed by atoms with Gasteiger partial charge in [-0.2, -0.15) is 0 Å². The lowest BCUT2D eigenvalue weighted by atomic mass is 10.1. The number of nitrogens with zero attached hydrogens (tertiary/aromatic N) is 1. The van der Waals surface area contributed by atoms with E-state index in [4.69, 9.17) is 5.73 Å². The molecule has 4 heteroatoms. The molecule has 0 aromatic carbocycles. The molecule has 0 aromatic heterocycles. The molecule has 4 nitrogen and oxygen atoms in total. The molecule has 1 saturated carbocycles. The monoisotopic (exact) mass is 225 g/mol. The number of hydrogen-bond acceptors (Lipinski definition) is 3. The van der Waals surface area contributed by atoms with Crippen LogP contribution in [0.3, 0.4) is 0 Å². The largest absolute Gasteiger partial charge is 0.354 e. The number of amides is 1. The first-order valence-electron chi connectivity index (χ1n) is 6.48. The Labute approximate surface area is 97.6 Å². The number of nitrogens with one attached hydrogen (secondary N) is 1. The summed E-state index contributed by atoms with van der Waals surface area (Å²) in [4.78, 5) is 14.1. The molecular weight excluding hydrogens is 202 g/mol. The van der Waals surface area contributed by atoms with Crippen molar-refractivity contribution in [1.29, 1.82) is 0 Å². The number of carbonyl (C=O) groups is 1. The summed E-state index contributed by atoms with van der Waals surface area (Å²) in [6.45, 7) is 5.11. The Kier molecular flexibility index (Phi) is 3.82. The van der Waals surface area contributed by atoms with Crippen molar-refractivity contribution in [2.75, 3.05) is 19.6 Å². The average molecular weight is 225 g/mol. The zero-order chi connectivity index (χ0) is 11.5. The van der Waals surface area contributed by atoms with Crippen molar-refractivity contribution < 1.29 is 4.79 Å². The van der Waals surface area contributed by atoms with Gasteiger partial charge in [0.15, 0.2) is 0 Å². The molecule has 0 radical (unpaired) electrons. The molecule has 3 N–H and O–H groups in total. The lowest BCUT2D eigenvalue weighted by Crippen LogP contribution is -2.42. The fourth-order valence-corrected chi connectivity index (χ4v) is 2.36. The molecule has 2 unspecified atom stereocenters. The maximum Gasteiger partial charge on any atom is 0.236 e. The highest BCUT2D eigenvalue weighted by Gasteiger charge is 2.34. The maximum atomic E-state index is 11.5. The van der Waals surface area contributed by atoms with Crippen LogP contribution in [0, 0.1) is 5.92 Å². The Bertz CT molecular complexity index is 253. The van der Waals surface area contributed by atoms with Gasteiger partial charge in [-0.05, 0) is 38.1 Å². The summed E-state index contributed by atoms with van der Waals surface area (Å²) < 4.78 is 0. The topological polar surface area (TPSA) is 58.4 Å². The molecule has 1 aliphatic carbocycles. The minimum Gasteiger partial charge on any atom is -0.354 e. The summed E-state index contributed by atoms with van der Waals surface area (Å²) in [5, 5.41) is 2.96. The highest BCUT2D eigenvalue weighted by molar-refractivity contribution is 5.81. The third kappa shape index (κ3) is 2.95. The summed E-state index contributed by atoms with van der Waals surface area (Å²) >= 11 is 0. The zero-order valence-electron chi connectivity index (χ0n) is 10.1. The van der Waals surface area contributed by atoms with Gasteiger partial charge in [-0.15, -0.1) is 0 Å². The second-order valence-corrected chi connectivity index (χ2v) is 5.14. The molecular formula is C12H23N3O. The van der Waals surface area contributed by atoms with Gasteiger partial charge in [0.25, 0.3) is 0 Å². The normalized spacial score (nSPS) is 28.0. The Morgan fingerprint density at radius 3 is 2.88 bits per heavy atom. The fourth-order valence-electron chi connectivity index (χ4n) is 2.36. The predicted octanol–water partition coefficient (Wildman–Crippen LogP) is 0.324. The number of hydrogen-bond donors (Lipinski definition) is 2. The van der Waals surface area contributed by atoms with Gasteiger partial charge in [0, 0.05) is 19.1 Å². The second kappa shape index (κ2) is 5.15. The SMILES string of the molecule is CCC(N)C(=O)NCC1CCN(C2CC2)C1. The zero-order valence-corrected chi connectivity index (χ0v) is 10.1. The van der Waals surface area contributed by atoms with Crippen LogP contribution < -0.4 is 11.1 Å². The molecule has 1 saturated heterocycles. The molecule has 92 valence electrons. The van der Waals surface area contributed by atoms with Crippen LogP contribution in [-0.2, 0) is 4.79 Å². The highest BCUT2D eigenvalue weighted by atomic mass is 16.2. The van der Waals surface area contributed by atoms with Crippen molar-refractivity contribution >= 4 is 5.91 Å². The van der Waals surface area contributed by atoms with Gasteiger partial charge in [-0.1, -0.05) is 6.92 Å². The van der Waals surface area contributed by atoms with Crippen LogP contribution in [0.25, 0.3) is 0 Å². The van der Waals surface area contributed by atoms with Gasteiger partial charge in [-0.3, -0.25) is 4.79 Å². The molecule has 16 heavy (non-hydrogen) atoms. The Morgan fingerprint density at radius 2 is 2.25 bits per heavy atom. The van der Waals surface area contributed by atoms with Gasteiger partial charge in [-0.25, -0.2) is 0 Å². The molecule has 1 heterocycles. The first-order valence-corrected chi connectivity index (χ1v) is 6.48. The number of likely N-dealkylation sites (tertiary alicyclic amines) is 1. The van der Waals surface area contributed by atoms with Crippen molar-refractivity contribution in [2.24, 2.45) is 11.7 Å². The van der Waals surface area contributed by atoms with Gasteiger partial charge in [0.1, 0.15) is 0 Å². The molecule has 2 aliphatic rings. The van der Waals surface area contributed by atoms with Crippen LogP contribution in [0.4, 0.5) is 0 Å². The molecule has 1 aliphatic heterocycles. The molecule has 0 bridgehead atoms. The van der Waals surface area contributed by atoms with E-state index in [1.54, 1.807) is 0 Å². The predicted molar refractivity (Wildman–Crippen MR) is 64.0 cm³/mol. The fraction of sp³-hybridized carbons (Fsp3) is 0.917. The van der Waals surface area contributed by atoms with Crippen LogP contribution in [-0.4, -0.2) is 42.5 Å². The van der Waals surface area contributed by atoms with Crippen molar-refractivity contribution in [3.63, 3.8) is 0 Å².